The fourth-order valence-corrected chi connectivity index (χ4v) is 2.80. The maximum absolute atomic E-state index is 12.0. The van der Waals surface area contributed by atoms with Crippen LogP contribution in [0.15, 0.2) is 33.8 Å². The van der Waals surface area contributed by atoms with Crippen molar-refractivity contribution in [1.82, 2.24) is 9.55 Å². The van der Waals surface area contributed by atoms with Crippen molar-refractivity contribution in [2.75, 3.05) is 0 Å². The lowest BCUT2D eigenvalue weighted by Crippen LogP contribution is -2.29. The van der Waals surface area contributed by atoms with E-state index in [-0.39, 0.29) is 21.3 Å². The van der Waals surface area contributed by atoms with Crippen molar-refractivity contribution in [1.29, 1.82) is 0 Å². The molecule has 1 aliphatic rings. The molecule has 0 bridgehead atoms. The van der Waals surface area contributed by atoms with Crippen LogP contribution in [0.3, 0.4) is 0 Å². The number of aryl methyl sites for hydroxylation is 1. The summed E-state index contributed by atoms with van der Waals surface area (Å²) < 4.78 is 7.65. The van der Waals surface area contributed by atoms with E-state index in [0.29, 0.717) is 6.54 Å². The summed E-state index contributed by atoms with van der Waals surface area (Å²) in [5, 5.41) is 0.178. The van der Waals surface area contributed by atoms with Gasteiger partial charge in [0.05, 0.1) is 12.9 Å². The zero-order valence-electron chi connectivity index (χ0n) is 10.8. The summed E-state index contributed by atoms with van der Waals surface area (Å²) in [6.07, 6.45) is 2.19. The van der Waals surface area contributed by atoms with Crippen LogP contribution in [0.2, 0.25) is 5.15 Å². The number of fused-ring (bicyclic) bond motifs is 1. The van der Waals surface area contributed by atoms with E-state index in [2.05, 4.69) is 33.9 Å². The van der Waals surface area contributed by atoms with Gasteiger partial charge in [0, 0.05) is 6.42 Å². The molecule has 0 saturated heterocycles. The first-order valence-electron chi connectivity index (χ1n) is 6.21. The van der Waals surface area contributed by atoms with Crippen LogP contribution in [0.4, 0.5) is 0 Å². The molecular formula is C14H12BrClN2O2. The summed E-state index contributed by atoms with van der Waals surface area (Å²) >= 11 is 8.94. The molecule has 104 valence electrons. The normalized spacial score (nSPS) is 16.9. The van der Waals surface area contributed by atoms with Crippen LogP contribution in [0.25, 0.3) is 0 Å². The van der Waals surface area contributed by atoms with Gasteiger partial charge in [-0.3, -0.25) is 9.36 Å². The summed E-state index contributed by atoms with van der Waals surface area (Å²) in [6.45, 7) is 2.51. The van der Waals surface area contributed by atoms with Gasteiger partial charge in [0.1, 0.15) is 16.3 Å². The van der Waals surface area contributed by atoms with E-state index in [1.165, 1.54) is 22.0 Å². The molecule has 0 fully saturated rings. The standard InChI is InChI=1S/C14H12BrClN2O2/c1-8-2-3-11-9(4-8)5-10(20-11)6-18-7-17-13(16)12(15)14(18)19/h2-4,7,10H,5-6H2,1H3. The van der Waals surface area contributed by atoms with Crippen molar-refractivity contribution in [3.63, 3.8) is 0 Å². The molecule has 0 radical (unpaired) electrons. The van der Waals surface area contributed by atoms with Gasteiger partial charge in [-0.15, -0.1) is 0 Å². The van der Waals surface area contributed by atoms with Gasteiger partial charge in [0.15, 0.2) is 5.15 Å². The van der Waals surface area contributed by atoms with E-state index in [9.17, 15) is 4.79 Å². The molecule has 1 unspecified atom stereocenters. The molecule has 2 aromatic rings. The molecule has 1 aromatic heterocycles. The van der Waals surface area contributed by atoms with E-state index in [1.54, 1.807) is 0 Å². The first-order valence-corrected chi connectivity index (χ1v) is 7.38. The van der Waals surface area contributed by atoms with Crippen LogP contribution in [-0.2, 0) is 13.0 Å². The number of aromatic nitrogens is 2. The highest BCUT2D eigenvalue weighted by Gasteiger charge is 2.24. The Morgan fingerprint density at radius 2 is 2.35 bits per heavy atom. The molecule has 1 aliphatic heterocycles. The van der Waals surface area contributed by atoms with Crippen molar-refractivity contribution in [3.05, 3.63) is 55.6 Å². The number of nitrogens with zero attached hydrogens (tertiary/aromatic N) is 2. The van der Waals surface area contributed by atoms with Crippen LogP contribution in [0.1, 0.15) is 11.1 Å². The second-order valence-electron chi connectivity index (χ2n) is 4.86. The highest BCUT2D eigenvalue weighted by molar-refractivity contribution is 9.10. The summed E-state index contributed by atoms with van der Waals surface area (Å²) in [5.41, 5.74) is 2.20. The van der Waals surface area contributed by atoms with Gasteiger partial charge in [-0.2, -0.15) is 0 Å². The maximum Gasteiger partial charge on any atom is 0.269 e. The van der Waals surface area contributed by atoms with Gasteiger partial charge in [-0.1, -0.05) is 29.3 Å². The van der Waals surface area contributed by atoms with Gasteiger partial charge in [0.25, 0.3) is 5.56 Å². The Morgan fingerprint density at radius 3 is 3.15 bits per heavy atom. The van der Waals surface area contributed by atoms with Crippen molar-refractivity contribution < 1.29 is 4.74 Å². The van der Waals surface area contributed by atoms with Crippen LogP contribution < -0.4 is 10.3 Å². The molecule has 0 aliphatic carbocycles. The molecule has 4 nitrogen and oxygen atoms in total. The highest BCUT2D eigenvalue weighted by atomic mass is 79.9. The third kappa shape index (κ3) is 2.47. The Bertz CT molecular complexity index is 730. The Balaban J connectivity index is 1.82. The van der Waals surface area contributed by atoms with Crippen LogP contribution in [0, 0.1) is 6.92 Å². The zero-order chi connectivity index (χ0) is 14.3. The predicted octanol–water partition coefficient (Wildman–Crippen LogP) is 2.97. The van der Waals surface area contributed by atoms with Gasteiger partial charge in [-0.25, -0.2) is 4.98 Å². The Kier molecular flexibility index (Phi) is 3.56. The fourth-order valence-electron chi connectivity index (χ4n) is 2.34. The predicted molar refractivity (Wildman–Crippen MR) is 80.5 cm³/mol. The molecule has 0 amide bonds. The molecule has 0 saturated carbocycles. The Morgan fingerprint density at radius 1 is 1.55 bits per heavy atom. The fraction of sp³-hybridized carbons (Fsp3) is 0.286. The highest BCUT2D eigenvalue weighted by Crippen LogP contribution is 2.30. The molecule has 20 heavy (non-hydrogen) atoms. The topological polar surface area (TPSA) is 44.1 Å². The van der Waals surface area contributed by atoms with Crippen LogP contribution in [-0.4, -0.2) is 15.7 Å². The van der Waals surface area contributed by atoms with E-state index in [0.717, 1.165) is 12.2 Å². The van der Waals surface area contributed by atoms with Crippen molar-refractivity contribution >= 4 is 27.5 Å². The van der Waals surface area contributed by atoms with Crippen molar-refractivity contribution in [3.8, 4) is 5.75 Å². The molecule has 6 heteroatoms. The van der Waals surface area contributed by atoms with E-state index in [1.807, 2.05) is 12.1 Å². The number of benzene rings is 1. The molecule has 1 atom stereocenters. The Labute approximate surface area is 129 Å². The van der Waals surface area contributed by atoms with E-state index >= 15 is 0 Å². The molecule has 0 N–H and O–H groups in total. The maximum atomic E-state index is 12.0. The summed E-state index contributed by atoms with van der Waals surface area (Å²) in [5.74, 6) is 0.898. The van der Waals surface area contributed by atoms with Gasteiger partial charge in [-0.05, 0) is 34.5 Å². The summed E-state index contributed by atoms with van der Waals surface area (Å²) in [4.78, 5) is 16.0. The Hall–Kier alpha value is -1.33. The van der Waals surface area contributed by atoms with Crippen LogP contribution >= 0.6 is 27.5 Å². The minimum absolute atomic E-state index is 0.0561. The molecule has 0 spiro atoms. The monoisotopic (exact) mass is 354 g/mol. The number of ether oxygens (including phenoxy) is 1. The van der Waals surface area contributed by atoms with Gasteiger partial charge in [0.2, 0.25) is 0 Å². The number of halogens is 2. The van der Waals surface area contributed by atoms with Gasteiger partial charge >= 0.3 is 0 Å². The van der Waals surface area contributed by atoms with E-state index in [4.69, 9.17) is 16.3 Å². The smallest absolute Gasteiger partial charge is 0.269 e. The number of hydrogen-bond donors (Lipinski definition) is 0. The largest absolute Gasteiger partial charge is 0.488 e. The summed E-state index contributed by atoms with van der Waals surface area (Å²) in [7, 11) is 0. The minimum atomic E-state index is -0.194. The summed E-state index contributed by atoms with van der Waals surface area (Å²) in [6, 6.07) is 6.12. The average molecular weight is 356 g/mol. The molecule has 2 heterocycles. The lowest BCUT2D eigenvalue weighted by Gasteiger charge is -2.12. The zero-order valence-corrected chi connectivity index (χ0v) is 13.1. The number of rotatable bonds is 2. The van der Waals surface area contributed by atoms with Crippen LogP contribution in [0.5, 0.6) is 5.75 Å². The third-order valence-corrected chi connectivity index (χ3v) is 4.53. The quantitative estimate of drug-likeness (QED) is 0.778. The average Bonchev–Trinajstić information content (AvgIpc) is 2.81. The second kappa shape index (κ2) is 5.22. The molecule has 1 aromatic carbocycles. The van der Waals surface area contributed by atoms with Crippen molar-refractivity contribution in [2.45, 2.75) is 26.0 Å². The van der Waals surface area contributed by atoms with Crippen molar-refractivity contribution in [2.24, 2.45) is 0 Å². The lowest BCUT2D eigenvalue weighted by atomic mass is 10.1. The van der Waals surface area contributed by atoms with Gasteiger partial charge < -0.3 is 4.74 Å². The molecule has 3 rings (SSSR count). The first kappa shape index (κ1) is 13.6. The second-order valence-corrected chi connectivity index (χ2v) is 6.01. The lowest BCUT2D eigenvalue weighted by molar-refractivity contribution is 0.207. The first-order chi connectivity index (χ1) is 9.54. The number of hydrogen-bond acceptors (Lipinski definition) is 3. The van der Waals surface area contributed by atoms with E-state index < -0.39 is 0 Å². The third-order valence-electron chi connectivity index (χ3n) is 3.30. The minimum Gasteiger partial charge on any atom is -0.488 e. The molecular weight excluding hydrogens is 344 g/mol. The SMILES string of the molecule is Cc1ccc2c(c1)CC(Cn1cnc(Cl)c(Br)c1=O)O2.